The second-order valence-corrected chi connectivity index (χ2v) is 6.13. The first-order valence-corrected chi connectivity index (χ1v) is 8.41. The van der Waals surface area contributed by atoms with Crippen molar-refractivity contribution in [1.82, 2.24) is 4.90 Å². The number of allylic oxidation sites excluding steroid dienone is 2. The first kappa shape index (κ1) is 18.4. The molecule has 1 amide bonds. The van der Waals surface area contributed by atoms with Gasteiger partial charge in [0.2, 0.25) is 0 Å². The van der Waals surface area contributed by atoms with Gasteiger partial charge >= 0.3 is 11.9 Å². The summed E-state index contributed by atoms with van der Waals surface area (Å²) in [4.78, 5) is 40.4. The second kappa shape index (κ2) is 7.49. The Labute approximate surface area is 157 Å². The summed E-state index contributed by atoms with van der Waals surface area (Å²) in [7, 11) is 4.24. The van der Waals surface area contributed by atoms with Crippen LogP contribution in [0.4, 0.5) is 5.69 Å². The van der Waals surface area contributed by atoms with Gasteiger partial charge in [0.1, 0.15) is 5.70 Å². The monoisotopic (exact) mass is 368 g/mol. The highest BCUT2D eigenvalue weighted by Gasteiger charge is 2.29. The Morgan fingerprint density at radius 2 is 1.81 bits per heavy atom. The van der Waals surface area contributed by atoms with Gasteiger partial charge in [0.05, 0.1) is 19.8 Å². The van der Waals surface area contributed by atoms with Crippen molar-refractivity contribution in [3.63, 3.8) is 0 Å². The highest BCUT2D eigenvalue weighted by molar-refractivity contribution is 6.06. The van der Waals surface area contributed by atoms with Crippen molar-refractivity contribution in [3.8, 4) is 0 Å². The number of anilines is 1. The Morgan fingerprint density at radius 1 is 1.07 bits per heavy atom. The molecule has 0 bridgehead atoms. The maximum atomic E-state index is 12.5. The maximum Gasteiger partial charge on any atom is 0.355 e. The standard InChI is InChI=1S/C20H20N2O5/c1-21-11-9-13-7-8-14(12-16(13)18(21)23)22-10-5-4-6-15(19(24)26-2)17(22)20(25)27-3/h4-8,10,12H,9,11H2,1-3H3. The van der Waals surface area contributed by atoms with Gasteiger partial charge in [-0.2, -0.15) is 0 Å². The van der Waals surface area contributed by atoms with Crippen LogP contribution in [-0.4, -0.2) is 50.6 Å². The van der Waals surface area contributed by atoms with E-state index in [1.54, 1.807) is 36.4 Å². The summed E-state index contributed by atoms with van der Waals surface area (Å²) in [6.45, 7) is 0.665. The van der Waals surface area contributed by atoms with Crippen molar-refractivity contribution in [2.45, 2.75) is 6.42 Å². The van der Waals surface area contributed by atoms with Crippen LogP contribution < -0.4 is 4.90 Å². The van der Waals surface area contributed by atoms with Crippen LogP contribution in [0.15, 0.2) is 53.9 Å². The summed E-state index contributed by atoms with van der Waals surface area (Å²) < 4.78 is 9.69. The molecule has 0 unspecified atom stereocenters. The van der Waals surface area contributed by atoms with Crippen molar-refractivity contribution >= 4 is 23.5 Å². The molecule has 0 fully saturated rings. The lowest BCUT2D eigenvalue weighted by atomic mass is 9.98. The molecule has 0 atom stereocenters. The van der Waals surface area contributed by atoms with Gasteiger partial charge in [-0.1, -0.05) is 12.1 Å². The lowest BCUT2D eigenvalue weighted by Gasteiger charge is -2.28. The number of hydrogen-bond donors (Lipinski definition) is 0. The molecule has 0 radical (unpaired) electrons. The largest absolute Gasteiger partial charge is 0.465 e. The number of ether oxygens (including phenoxy) is 2. The van der Waals surface area contributed by atoms with Crippen LogP contribution in [0.1, 0.15) is 15.9 Å². The van der Waals surface area contributed by atoms with Gasteiger partial charge in [-0.3, -0.25) is 4.79 Å². The molecule has 140 valence electrons. The molecule has 1 aromatic rings. The van der Waals surface area contributed by atoms with E-state index in [-0.39, 0.29) is 17.2 Å². The SMILES string of the molecule is COC(=O)C1=C(C(=O)OC)N(c2ccc3c(c2)C(=O)N(C)CC3)C=CC=C1. The molecule has 0 aromatic heterocycles. The Bertz CT molecular complexity index is 898. The topological polar surface area (TPSA) is 76.2 Å². The molecule has 2 aliphatic heterocycles. The zero-order valence-corrected chi connectivity index (χ0v) is 15.4. The van der Waals surface area contributed by atoms with E-state index in [1.165, 1.54) is 25.2 Å². The number of fused-ring (bicyclic) bond motifs is 1. The summed E-state index contributed by atoms with van der Waals surface area (Å²) in [6, 6.07) is 5.40. The molecule has 2 heterocycles. The number of rotatable bonds is 3. The molecule has 0 saturated heterocycles. The number of amides is 1. The average Bonchev–Trinajstić information content (AvgIpc) is 2.92. The average molecular weight is 368 g/mol. The Kier molecular flexibility index (Phi) is 5.12. The first-order valence-electron chi connectivity index (χ1n) is 8.41. The highest BCUT2D eigenvalue weighted by atomic mass is 16.5. The van der Waals surface area contributed by atoms with E-state index >= 15 is 0 Å². The summed E-state index contributed by atoms with van der Waals surface area (Å²) in [5.41, 5.74) is 2.19. The van der Waals surface area contributed by atoms with Crippen LogP contribution in [0.3, 0.4) is 0 Å². The summed E-state index contributed by atoms with van der Waals surface area (Å²) in [5, 5.41) is 0. The summed E-state index contributed by atoms with van der Waals surface area (Å²) in [6.07, 6.45) is 7.21. The normalized spacial score (nSPS) is 16.2. The van der Waals surface area contributed by atoms with Crippen LogP contribution in [0.25, 0.3) is 0 Å². The number of likely N-dealkylation sites (N-methyl/N-ethyl adjacent to an activating group) is 1. The summed E-state index contributed by atoms with van der Waals surface area (Å²) >= 11 is 0. The number of nitrogens with zero attached hydrogens (tertiary/aromatic N) is 2. The molecule has 7 nitrogen and oxygen atoms in total. The van der Waals surface area contributed by atoms with Crippen molar-refractivity contribution < 1.29 is 23.9 Å². The Hall–Kier alpha value is -3.35. The predicted molar refractivity (Wildman–Crippen MR) is 98.9 cm³/mol. The number of carbonyl (C=O) groups is 3. The molecule has 0 N–H and O–H groups in total. The lowest BCUT2D eigenvalue weighted by molar-refractivity contribution is -0.139. The third kappa shape index (κ3) is 3.36. The van der Waals surface area contributed by atoms with E-state index in [9.17, 15) is 14.4 Å². The van der Waals surface area contributed by atoms with Gasteiger partial charge in [0.15, 0.2) is 0 Å². The molecule has 2 aliphatic rings. The predicted octanol–water partition coefficient (Wildman–Crippen LogP) is 1.80. The summed E-state index contributed by atoms with van der Waals surface area (Å²) in [5.74, 6) is -1.42. The third-order valence-corrected chi connectivity index (χ3v) is 4.55. The molecule has 3 rings (SSSR count). The minimum atomic E-state index is -0.687. The Morgan fingerprint density at radius 3 is 2.52 bits per heavy atom. The van der Waals surface area contributed by atoms with Gasteiger partial charge < -0.3 is 19.3 Å². The van der Waals surface area contributed by atoms with Gasteiger partial charge in [-0.05, 0) is 36.3 Å². The molecule has 0 saturated carbocycles. The molecule has 27 heavy (non-hydrogen) atoms. The minimum absolute atomic E-state index is 0.0194. The third-order valence-electron chi connectivity index (χ3n) is 4.55. The van der Waals surface area contributed by atoms with Crippen molar-refractivity contribution in [1.29, 1.82) is 0 Å². The van der Waals surface area contributed by atoms with Crippen LogP contribution in [0.2, 0.25) is 0 Å². The van der Waals surface area contributed by atoms with Crippen LogP contribution in [0, 0.1) is 0 Å². The van der Waals surface area contributed by atoms with Crippen LogP contribution in [0.5, 0.6) is 0 Å². The molecular weight excluding hydrogens is 348 g/mol. The lowest BCUT2D eigenvalue weighted by Crippen LogP contribution is -2.34. The van der Waals surface area contributed by atoms with E-state index in [0.29, 0.717) is 17.8 Å². The zero-order valence-electron chi connectivity index (χ0n) is 15.4. The molecular formula is C20H20N2O5. The van der Waals surface area contributed by atoms with Crippen molar-refractivity contribution in [2.75, 3.05) is 32.7 Å². The van der Waals surface area contributed by atoms with Gasteiger partial charge in [0, 0.05) is 31.0 Å². The molecule has 0 spiro atoms. The van der Waals surface area contributed by atoms with Crippen molar-refractivity contribution in [3.05, 3.63) is 65.0 Å². The zero-order chi connectivity index (χ0) is 19.6. The number of carbonyl (C=O) groups excluding carboxylic acids is 3. The van der Waals surface area contributed by atoms with E-state index in [0.717, 1.165) is 12.0 Å². The smallest absolute Gasteiger partial charge is 0.355 e. The van der Waals surface area contributed by atoms with Crippen LogP contribution in [-0.2, 0) is 25.5 Å². The van der Waals surface area contributed by atoms with E-state index in [4.69, 9.17) is 9.47 Å². The molecule has 0 aliphatic carbocycles. The van der Waals surface area contributed by atoms with Gasteiger partial charge in [-0.15, -0.1) is 0 Å². The fraction of sp³-hybridized carbons (Fsp3) is 0.250. The number of methoxy groups -OCH3 is 2. The molecule has 1 aromatic carbocycles. The fourth-order valence-electron chi connectivity index (χ4n) is 3.09. The minimum Gasteiger partial charge on any atom is -0.465 e. The Balaban J connectivity index is 2.15. The second-order valence-electron chi connectivity index (χ2n) is 6.13. The van der Waals surface area contributed by atoms with Gasteiger partial charge in [0.25, 0.3) is 5.91 Å². The number of esters is 2. The molecule has 7 heteroatoms. The highest BCUT2D eigenvalue weighted by Crippen LogP contribution is 2.30. The van der Waals surface area contributed by atoms with E-state index < -0.39 is 11.9 Å². The maximum absolute atomic E-state index is 12.5. The van der Waals surface area contributed by atoms with Crippen molar-refractivity contribution in [2.24, 2.45) is 0 Å². The first-order chi connectivity index (χ1) is 13.0. The number of benzene rings is 1. The van der Waals surface area contributed by atoms with E-state index in [1.807, 2.05) is 12.1 Å². The van der Waals surface area contributed by atoms with Crippen LogP contribution >= 0.6 is 0 Å². The number of hydrogen-bond acceptors (Lipinski definition) is 6. The van der Waals surface area contributed by atoms with E-state index in [2.05, 4.69) is 0 Å². The quantitative estimate of drug-likeness (QED) is 0.758. The van der Waals surface area contributed by atoms with Gasteiger partial charge in [-0.25, -0.2) is 9.59 Å². The fourth-order valence-corrected chi connectivity index (χ4v) is 3.09.